The van der Waals surface area contributed by atoms with Gasteiger partial charge < -0.3 is 21.7 Å². The zero-order valence-corrected chi connectivity index (χ0v) is 10.1. The molecule has 0 heterocycles. The summed E-state index contributed by atoms with van der Waals surface area (Å²) >= 11 is 3.08. The molecule has 16 heavy (non-hydrogen) atoms. The molecule has 1 atom stereocenters. The molecule has 0 aliphatic carbocycles. The Morgan fingerprint density at radius 3 is 2.62 bits per heavy atom. The molecule has 5 nitrogen and oxygen atoms in total. The zero-order valence-electron chi connectivity index (χ0n) is 8.48. The summed E-state index contributed by atoms with van der Waals surface area (Å²) < 4.78 is 0.315. The van der Waals surface area contributed by atoms with Crippen LogP contribution in [0.25, 0.3) is 0 Å². The number of aromatic hydroxyl groups is 1. The molecule has 6 N–H and O–H groups in total. The van der Waals surface area contributed by atoms with Gasteiger partial charge in [-0.2, -0.15) is 0 Å². The molecule has 1 rings (SSSR count). The van der Waals surface area contributed by atoms with E-state index >= 15 is 0 Å². The van der Waals surface area contributed by atoms with Crippen molar-refractivity contribution in [2.45, 2.75) is 12.5 Å². The van der Waals surface area contributed by atoms with Gasteiger partial charge in [-0.15, -0.1) is 0 Å². The molecule has 0 amide bonds. The number of rotatable bonds is 4. The molecule has 1 aromatic carbocycles. The number of benzene rings is 1. The van der Waals surface area contributed by atoms with Crippen LogP contribution in [0.2, 0.25) is 0 Å². The van der Waals surface area contributed by atoms with Crippen molar-refractivity contribution in [3.63, 3.8) is 0 Å². The number of nitrogens with two attached hydrogens (primary N) is 2. The lowest BCUT2D eigenvalue weighted by atomic mass is 10.0. The SMILES string of the molecule is NCC[C@H](N)c1cc(C(=O)O)cc(Br)c1O. The molecule has 0 aliphatic heterocycles. The molecule has 6 heteroatoms. The lowest BCUT2D eigenvalue weighted by Crippen LogP contribution is -2.16. The Bertz CT molecular complexity index is 409. The van der Waals surface area contributed by atoms with Crippen LogP contribution in [0.4, 0.5) is 0 Å². The van der Waals surface area contributed by atoms with Crippen LogP contribution in [0.3, 0.4) is 0 Å². The van der Waals surface area contributed by atoms with Gasteiger partial charge in [0.25, 0.3) is 0 Å². The van der Waals surface area contributed by atoms with E-state index in [-0.39, 0.29) is 11.3 Å². The van der Waals surface area contributed by atoms with E-state index in [9.17, 15) is 9.90 Å². The second kappa shape index (κ2) is 5.29. The van der Waals surface area contributed by atoms with Crippen LogP contribution in [-0.2, 0) is 0 Å². The number of phenols is 1. The maximum absolute atomic E-state index is 10.8. The van der Waals surface area contributed by atoms with Gasteiger partial charge in [-0.25, -0.2) is 4.79 Å². The highest BCUT2D eigenvalue weighted by Crippen LogP contribution is 2.33. The highest BCUT2D eigenvalue weighted by Gasteiger charge is 2.16. The first-order valence-corrected chi connectivity index (χ1v) is 5.48. The molecule has 0 spiro atoms. The van der Waals surface area contributed by atoms with Crippen molar-refractivity contribution < 1.29 is 15.0 Å². The molecule has 0 unspecified atom stereocenters. The molecule has 0 saturated heterocycles. The fraction of sp³-hybridized carbons (Fsp3) is 0.300. The van der Waals surface area contributed by atoms with Crippen molar-refractivity contribution in [2.75, 3.05) is 6.54 Å². The van der Waals surface area contributed by atoms with Crippen molar-refractivity contribution >= 4 is 21.9 Å². The summed E-state index contributed by atoms with van der Waals surface area (Å²) in [6.45, 7) is 0.371. The van der Waals surface area contributed by atoms with E-state index in [1.165, 1.54) is 12.1 Å². The molecular weight excluding hydrogens is 276 g/mol. The highest BCUT2D eigenvalue weighted by atomic mass is 79.9. The Labute approximate surface area is 101 Å². The van der Waals surface area contributed by atoms with Gasteiger partial charge in [0.05, 0.1) is 10.0 Å². The minimum absolute atomic E-state index is 0.0362. The Kier molecular flexibility index (Phi) is 4.28. The minimum atomic E-state index is -1.07. The molecule has 0 saturated carbocycles. The standard InChI is InChI=1S/C10H13BrN2O3/c11-7-4-5(10(15)16)3-6(9(7)14)8(13)1-2-12/h3-4,8,14H,1-2,12-13H2,(H,15,16)/t8-/m0/s1. The van der Waals surface area contributed by atoms with E-state index in [0.29, 0.717) is 23.0 Å². The average molecular weight is 289 g/mol. The van der Waals surface area contributed by atoms with Gasteiger partial charge in [0.15, 0.2) is 0 Å². The number of phenolic OH excluding ortho intramolecular Hbond substituents is 1. The third-order valence-electron chi connectivity index (χ3n) is 2.22. The van der Waals surface area contributed by atoms with Crippen molar-refractivity contribution in [1.29, 1.82) is 0 Å². The van der Waals surface area contributed by atoms with Crippen LogP contribution in [-0.4, -0.2) is 22.7 Å². The fourth-order valence-corrected chi connectivity index (χ4v) is 1.84. The summed E-state index contributed by atoms with van der Waals surface area (Å²) in [6.07, 6.45) is 0.475. The lowest BCUT2D eigenvalue weighted by molar-refractivity contribution is 0.0696. The maximum atomic E-state index is 10.8. The zero-order chi connectivity index (χ0) is 12.3. The summed E-state index contributed by atoms with van der Waals surface area (Å²) in [5.41, 5.74) is 11.6. The Balaban J connectivity index is 3.21. The molecule has 0 aromatic heterocycles. The van der Waals surface area contributed by atoms with Crippen LogP contribution in [0.1, 0.15) is 28.4 Å². The second-order valence-corrected chi connectivity index (χ2v) is 4.24. The van der Waals surface area contributed by atoms with Crippen LogP contribution in [0.5, 0.6) is 5.75 Å². The minimum Gasteiger partial charge on any atom is -0.506 e. The third kappa shape index (κ3) is 2.72. The Morgan fingerprint density at radius 2 is 2.12 bits per heavy atom. The fourth-order valence-electron chi connectivity index (χ4n) is 1.36. The molecule has 88 valence electrons. The van der Waals surface area contributed by atoms with E-state index < -0.39 is 12.0 Å². The number of carboxylic acids is 1. The van der Waals surface area contributed by atoms with Gasteiger partial charge in [-0.1, -0.05) is 0 Å². The van der Waals surface area contributed by atoms with Gasteiger partial charge >= 0.3 is 5.97 Å². The number of carbonyl (C=O) groups is 1. The first-order chi connectivity index (χ1) is 7.47. The first-order valence-electron chi connectivity index (χ1n) is 4.68. The first kappa shape index (κ1) is 13.0. The molecule has 0 aliphatic rings. The quantitative estimate of drug-likeness (QED) is 0.666. The summed E-state index contributed by atoms with van der Waals surface area (Å²) in [4.78, 5) is 10.8. The van der Waals surface area contributed by atoms with Gasteiger partial charge in [0.2, 0.25) is 0 Å². The van der Waals surface area contributed by atoms with Gasteiger partial charge in [0.1, 0.15) is 5.75 Å². The molecule has 0 bridgehead atoms. The lowest BCUT2D eigenvalue weighted by Gasteiger charge is -2.14. The van der Waals surface area contributed by atoms with E-state index in [4.69, 9.17) is 16.6 Å². The molecular formula is C10H13BrN2O3. The largest absolute Gasteiger partial charge is 0.506 e. The number of aromatic carboxylic acids is 1. The van der Waals surface area contributed by atoms with Gasteiger partial charge in [-0.05, 0) is 41.0 Å². The average Bonchev–Trinajstić information content (AvgIpc) is 2.21. The maximum Gasteiger partial charge on any atom is 0.335 e. The highest BCUT2D eigenvalue weighted by molar-refractivity contribution is 9.10. The topological polar surface area (TPSA) is 110 Å². The predicted molar refractivity (Wildman–Crippen MR) is 63.4 cm³/mol. The van der Waals surface area contributed by atoms with E-state index in [2.05, 4.69) is 15.9 Å². The second-order valence-electron chi connectivity index (χ2n) is 3.38. The van der Waals surface area contributed by atoms with E-state index in [0.717, 1.165) is 0 Å². The molecule has 1 aromatic rings. The van der Waals surface area contributed by atoms with Crippen molar-refractivity contribution in [2.24, 2.45) is 11.5 Å². The third-order valence-corrected chi connectivity index (χ3v) is 2.82. The monoisotopic (exact) mass is 288 g/mol. The van der Waals surface area contributed by atoms with Crippen LogP contribution >= 0.6 is 15.9 Å². The summed E-state index contributed by atoms with van der Waals surface area (Å²) in [5, 5.41) is 18.6. The summed E-state index contributed by atoms with van der Waals surface area (Å²) in [7, 11) is 0. The summed E-state index contributed by atoms with van der Waals surface area (Å²) in [5.74, 6) is -1.10. The van der Waals surface area contributed by atoms with E-state index in [1.54, 1.807) is 0 Å². The molecule has 0 fully saturated rings. The van der Waals surface area contributed by atoms with Crippen molar-refractivity contribution in [3.05, 3.63) is 27.7 Å². The summed E-state index contributed by atoms with van der Waals surface area (Å²) in [6, 6.07) is 2.22. The number of hydrogen-bond donors (Lipinski definition) is 4. The smallest absolute Gasteiger partial charge is 0.335 e. The normalized spacial score (nSPS) is 12.4. The number of carboxylic acid groups (broad SMARTS) is 1. The van der Waals surface area contributed by atoms with Crippen LogP contribution in [0.15, 0.2) is 16.6 Å². The van der Waals surface area contributed by atoms with Crippen LogP contribution in [0, 0.1) is 0 Å². The van der Waals surface area contributed by atoms with Gasteiger partial charge in [0, 0.05) is 11.6 Å². The number of halogens is 1. The predicted octanol–water partition coefficient (Wildman–Crippen LogP) is 1.20. The number of hydrogen-bond acceptors (Lipinski definition) is 4. The van der Waals surface area contributed by atoms with Gasteiger partial charge in [-0.3, -0.25) is 0 Å². The van der Waals surface area contributed by atoms with Crippen molar-refractivity contribution in [1.82, 2.24) is 0 Å². The Hall–Kier alpha value is -1.11. The van der Waals surface area contributed by atoms with Crippen molar-refractivity contribution in [3.8, 4) is 5.75 Å². The Morgan fingerprint density at radius 1 is 1.50 bits per heavy atom. The van der Waals surface area contributed by atoms with E-state index in [1.807, 2.05) is 0 Å². The van der Waals surface area contributed by atoms with Crippen LogP contribution < -0.4 is 11.5 Å². The molecule has 0 radical (unpaired) electrons.